The molecule has 0 saturated heterocycles. The Bertz CT molecular complexity index is 532. The number of hydrogen-bond acceptors (Lipinski definition) is 3. The van der Waals surface area contributed by atoms with Crippen molar-refractivity contribution >= 4 is 27.7 Å². The van der Waals surface area contributed by atoms with Crippen LogP contribution in [0, 0.1) is 11.7 Å². The number of nitrogens with zero attached hydrogens (tertiary/aromatic N) is 1. The van der Waals surface area contributed by atoms with Gasteiger partial charge >= 0.3 is 0 Å². The van der Waals surface area contributed by atoms with Crippen LogP contribution in [0.2, 0.25) is 0 Å². The molecule has 0 aliphatic heterocycles. The first kappa shape index (κ1) is 13.8. The molecule has 0 spiro atoms. The summed E-state index contributed by atoms with van der Waals surface area (Å²) in [6, 6.07) is 3.31. The van der Waals surface area contributed by atoms with E-state index in [0.717, 1.165) is 12.8 Å². The smallest absolute Gasteiger partial charge is 0.253 e. The maximum atomic E-state index is 13.0. The Morgan fingerprint density at radius 3 is 2.79 bits per heavy atom. The Morgan fingerprint density at radius 1 is 1.58 bits per heavy atom. The third-order valence-corrected chi connectivity index (χ3v) is 3.65. The lowest BCUT2D eigenvalue weighted by atomic mass is 10.1. The Labute approximate surface area is 117 Å². The standard InChI is InChI=1S/C12H13BrFN3O2/c13-9-5-7(14)3-4-8(9)12(18)16-10(6-1-2-6)11(15)17-19/h3-6,10,19H,1-2H2,(H2,15,17)(H,16,18). The van der Waals surface area contributed by atoms with Gasteiger partial charge in [0.2, 0.25) is 0 Å². The molecule has 1 fully saturated rings. The number of hydrogen-bond donors (Lipinski definition) is 3. The van der Waals surface area contributed by atoms with Crippen molar-refractivity contribution in [1.29, 1.82) is 0 Å². The lowest BCUT2D eigenvalue weighted by Crippen LogP contribution is -2.46. The van der Waals surface area contributed by atoms with E-state index in [1.54, 1.807) is 0 Å². The Hall–Kier alpha value is -1.63. The van der Waals surface area contributed by atoms with Gasteiger partial charge in [-0.2, -0.15) is 0 Å². The molecule has 1 aliphatic rings. The summed E-state index contributed by atoms with van der Waals surface area (Å²) in [6.45, 7) is 0. The van der Waals surface area contributed by atoms with Crippen molar-refractivity contribution in [2.24, 2.45) is 16.8 Å². The zero-order valence-corrected chi connectivity index (χ0v) is 11.5. The Balaban J connectivity index is 2.15. The molecule has 0 aromatic heterocycles. The summed E-state index contributed by atoms with van der Waals surface area (Å²) in [5.41, 5.74) is 5.86. The maximum absolute atomic E-state index is 13.0. The third-order valence-electron chi connectivity index (χ3n) is 2.99. The normalized spacial score (nSPS) is 17.1. The highest BCUT2D eigenvalue weighted by molar-refractivity contribution is 9.10. The van der Waals surface area contributed by atoms with E-state index in [1.165, 1.54) is 18.2 Å². The number of amidine groups is 1. The van der Waals surface area contributed by atoms with Gasteiger partial charge in [0.25, 0.3) is 5.91 Å². The minimum absolute atomic E-state index is 0.0194. The summed E-state index contributed by atoms with van der Waals surface area (Å²) in [5.74, 6) is -0.651. The molecule has 1 aromatic carbocycles. The summed E-state index contributed by atoms with van der Waals surface area (Å²) in [6.07, 6.45) is 1.84. The van der Waals surface area contributed by atoms with Crippen LogP contribution in [0.25, 0.3) is 0 Å². The zero-order chi connectivity index (χ0) is 14.0. The first-order valence-corrected chi connectivity index (χ1v) is 6.55. The summed E-state index contributed by atoms with van der Waals surface area (Å²) in [7, 11) is 0. The number of nitrogens with two attached hydrogens (primary N) is 1. The zero-order valence-electron chi connectivity index (χ0n) is 9.94. The average molecular weight is 330 g/mol. The van der Waals surface area contributed by atoms with E-state index in [-0.39, 0.29) is 11.8 Å². The summed E-state index contributed by atoms with van der Waals surface area (Å²) in [4.78, 5) is 12.1. The molecule has 0 radical (unpaired) electrons. The van der Waals surface area contributed by atoms with Gasteiger partial charge in [0.15, 0.2) is 5.84 Å². The topological polar surface area (TPSA) is 87.7 Å². The van der Waals surface area contributed by atoms with Crippen LogP contribution in [0.1, 0.15) is 23.2 Å². The maximum Gasteiger partial charge on any atom is 0.253 e. The fourth-order valence-electron chi connectivity index (χ4n) is 1.82. The molecule has 19 heavy (non-hydrogen) atoms. The number of nitrogens with one attached hydrogen (secondary N) is 1. The van der Waals surface area contributed by atoms with Crippen molar-refractivity contribution < 1.29 is 14.4 Å². The minimum Gasteiger partial charge on any atom is -0.409 e. The molecular formula is C12H13BrFN3O2. The summed E-state index contributed by atoms with van der Waals surface area (Å²) < 4.78 is 13.3. The third kappa shape index (κ3) is 3.23. The van der Waals surface area contributed by atoms with E-state index >= 15 is 0 Å². The molecule has 1 aromatic rings. The van der Waals surface area contributed by atoms with Crippen LogP contribution in [0.15, 0.2) is 27.8 Å². The number of carbonyl (C=O) groups is 1. The first-order chi connectivity index (χ1) is 9.02. The molecule has 1 aliphatic carbocycles. The van der Waals surface area contributed by atoms with Crippen LogP contribution in [0.4, 0.5) is 4.39 Å². The van der Waals surface area contributed by atoms with Crippen LogP contribution in [0.3, 0.4) is 0 Å². The second kappa shape index (κ2) is 5.56. The number of benzene rings is 1. The SMILES string of the molecule is NC(=NO)C(NC(=O)c1ccc(F)cc1Br)C1CC1. The quantitative estimate of drug-likeness (QED) is 0.341. The Morgan fingerprint density at radius 2 is 2.26 bits per heavy atom. The monoisotopic (exact) mass is 329 g/mol. The molecule has 1 amide bonds. The highest BCUT2D eigenvalue weighted by atomic mass is 79.9. The lowest BCUT2D eigenvalue weighted by molar-refractivity contribution is 0.0942. The predicted octanol–water partition coefficient (Wildman–Crippen LogP) is 1.84. The van der Waals surface area contributed by atoms with E-state index in [2.05, 4.69) is 26.4 Å². The molecule has 102 valence electrons. The van der Waals surface area contributed by atoms with Gasteiger partial charge in [0, 0.05) is 4.47 Å². The van der Waals surface area contributed by atoms with Crippen molar-refractivity contribution in [3.8, 4) is 0 Å². The van der Waals surface area contributed by atoms with Crippen molar-refractivity contribution in [3.63, 3.8) is 0 Å². The molecule has 0 bridgehead atoms. The average Bonchev–Trinajstić information content (AvgIpc) is 3.19. The van der Waals surface area contributed by atoms with Gasteiger partial charge in [0.05, 0.1) is 11.6 Å². The van der Waals surface area contributed by atoms with Crippen molar-refractivity contribution in [2.75, 3.05) is 0 Å². The van der Waals surface area contributed by atoms with E-state index in [0.29, 0.717) is 10.0 Å². The second-order valence-electron chi connectivity index (χ2n) is 4.44. The molecule has 0 heterocycles. The highest BCUT2D eigenvalue weighted by Gasteiger charge is 2.35. The molecule has 1 unspecified atom stereocenters. The van der Waals surface area contributed by atoms with Gasteiger partial charge < -0.3 is 16.3 Å². The Kier molecular flexibility index (Phi) is 4.04. The molecule has 1 saturated carbocycles. The van der Waals surface area contributed by atoms with Crippen molar-refractivity contribution in [2.45, 2.75) is 18.9 Å². The predicted molar refractivity (Wildman–Crippen MR) is 71.5 cm³/mol. The number of rotatable bonds is 4. The van der Waals surface area contributed by atoms with Crippen LogP contribution in [0.5, 0.6) is 0 Å². The van der Waals surface area contributed by atoms with E-state index < -0.39 is 17.8 Å². The lowest BCUT2D eigenvalue weighted by Gasteiger charge is -2.17. The number of carbonyl (C=O) groups excluding carboxylic acids is 1. The van der Waals surface area contributed by atoms with Gasteiger partial charge in [-0.3, -0.25) is 4.79 Å². The second-order valence-corrected chi connectivity index (χ2v) is 5.29. The van der Waals surface area contributed by atoms with E-state index in [9.17, 15) is 9.18 Å². The first-order valence-electron chi connectivity index (χ1n) is 5.76. The number of oxime groups is 1. The van der Waals surface area contributed by atoms with Crippen molar-refractivity contribution in [3.05, 3.63) is 34.1 Å². The molecule has 5 nitrogen and oxygen atoms in total. The fraction of sp³-hybridized carbons (Fsp3) is 0.333. The van der Waals surface area contributed by atoms with Crippen LogP contribution in [-0.4, -0.2) is 23.0 Å². The fourth-order valence-corrected chi connectivity index (χ4v) is 2.35. The molecule has 4 N–H and O–H groups in total. The number of halogens is 2. The largest absolute Gasteiger partial charge is 0.409 e. The summed E-state index contributed by atoms with van der Waals surface area (Å²) >= 11 is 3.13. The van der Waals surface area contributed by atoms with Crippen LogP contribution >= 0.6 is 15.9 Å². The van der Waals surface area contributed by atoms with Gasteiger partial charge in [-0.05, 0) is 52.9 Å². The van der Waals surface area contributed by atoms with Gasteiger partial charge in [-0.25, -0.2) is 4.39 Å². The summed E-state index contributed by atoms with van der Waals surface area (Å²) in [5, 5.41) is 14.3. The molecule has 2 rings (SSSR count). The van der Waals surface area contributed by atoms with Crippen molar-refractivity contribution in [1.82, 2.24) is 5.32 Å². The van der Waals surface area contributed by atoms with Crippen LogP contribution < -0.4 is 11.1 Å². The highest BCUT2D eigenvalue weighted by Crippen LogP contribution is 2.33. The van der Waals surface area contributed by atoms with Gasteiger partial charge in [0.1, 0.15) is 5.82 Å². The molecule has 1 atom stereocenters. The van der Waals surface area contributed by atoms with E-state index in [4.69, 9.17) is 10.9 Å². The van der Waals surface area contributed by atoms with Crippen LogP contribution in [-0.2, 0) is 0 Å². The van der Waals surface area contributed by atoms with Gasteiger partial charge in [-0.1, -0.05) is 5.16 Å². The minimum atomic E-state index is -0.491. The number of amides is 1. The molecular weight excluding hydrogens is 317 g/mol. The van der Waals surface area contributed by atoms with E-state index in [1.807, 2.05) is 0 Å². The molecule has 7 heteroatoms. The van der Waals surface area contributed by atoms with Gasteiger partial charge in [-0.15, -0.1) is 0 Å².